The molecule has 18 heavy (non-hydrogen) atoms. The lowest BCUT2D eigenvalue weighted by atomic mass is 10.1. The second kappa shape index (κ2) is 5.64. The third kappa shape index (κ3) is 2.68. The van der Waals surface area contributed by atoms with Gasteiger partial charge in [-0.2, -0.15) is 5.10 Å². The first-order chi connectivity index (χ1) is 8.74. The molecule has 0 spiro atoms. The van der Waals surface area contributed by atoms with Crippen molar-refractivity contribution in [1.29, 1.82) is 0 Å². The van der Waals surface area contributed by atoms with Gasteiger partial charge in [-0.15, -0.1) is 0 Å². The molecule has 3 N–H and O–H groups in total. The Morgan fingerprint density at radius 1 is 1.44 bits per heavy atom. The minimum atomic E-state index is -0.279. The summed E-state index contributed by atoms with van der Waals surface area (Å²) in [6, 6.07) is 6.43. The summed E-state index contributed by atoms with van der Waals surface area (Å²) in [7, 11) is 0. The Hall–Kier alpha value is -1.88. The normalized spacial score (nSPS) is 12.4. The molecule has 1 unspecified atom stereocenters. The number of benzene rings is 1. The quantitative estimate of drug-likeness (QED) is 0.852. The number of aromatic nitrogens is 2. The molecule has 0 bridgehead atoms. The summed E-state index contributed by atoms with van der Waals surface area (Å²) in [4.78, 5) is 0. The molecular formula is C13H17FN4. The van der Waals surface area contributed by atoms with E-state index in [1.807, 2.05) is 17.8 Å². The number of halogens is 1. The highest BCUT2D eigenvalue weighted by atomic mass is 19.1. The van der Waals surface area contributed by atoms with Crippen molar-refractivity contribution in [2.75, 3.05) is 11.9 Å². The number of rotatable bonds is 5. The summed E-state index contributed by atoms with van der Waals surface area (Å²) in [6.07, 6.45) is 3.68. The smallest absolute Gasteiger partial charge is 0.146 e. The van der Waals surface area contributed by atoms with Gasteiger partial charge in [0, 0.05) is 24.8 Å². The first-order valence-electron chi connectivity index (χ1n) is 5.98. The highest BCUT2D eigenvalue weighted by Crippen LogP contribution is 2.20. The summed E-state index contributed by atoms with van der Waals surface area (Å²) >= 11 is 0. The first kappa shape index (κ1) is 12.6. The van der Waals surface area contributed by atoms with Crippen LogP contribution in [0.5, 0.6) is 0 Å². The Morgan fingerprint density at radius 2 is 2.22 bits per heavy atom. The molecule has 96 valence electrons. The van der Waals surface area contributed by atoms with Gasteiger partial charge in [0.15, 0.2) is 0 Å². The van der Waals surface area contributed by atoms with Gasteiger partial charge in [0.05, 0.1) is 17.9 Å². The molecule has 1 atom stereocenters. The van der Waals surface area contributed by atoms with Gasteiger partial charge in [0.2, 0.25) is 0 Å². The fraction of sp³-hybridized carbons (Fsp3) is 0.308. The Bertz CT molecular complexity index is 509. The van der Waals surface area contributed by atoms with E-state index in [4.69, 9.17) is 5.73 Å². The van der Waals surface area contributed by atoms with Crippen LogP contribution in [0.1, 0.15) is 18.5 Å². The van der Waals surface area contributed by atoms with E-state index in [2.05, 4.69) is 10.4 Å². The second-order valence-electron chi connectivity index (χ2n) is 4.04. The number of nitrogens with zero attached hydrogens (tertiary/aromatic N) is 2. The molecule has 0 aliphatic heterocycles. The van der Waals surface area contributed by atoms with Crippen LogP contribution in [0.15, 0.2) is 36.7 Å². The first-order valence-corrected chi connectivity index (χ1v) is 5.98. The number of hydrogen-bond acceptors (Lipinski definition) is 3. The minimum Gasteiger partial charge on any atom is -0.374 e. The molecule has 0 aliphatic carbocycles. The van der Waals surface area contributed by atoms with Crippen molar-refractivity contribution in [3.05, 3.63) is 48.0 Å². The molecule has 0 fully saturated rings. The maximum Gasteiger partial charge on any atom is 0.146 e. The van der Waals surface area contributed by atoms with Crippen LogP contribution in [0.25, 0.3) is 0 Å². The minimum absolute atomic E-state index is 0.137. The van der Waals surface area contributed by atoms with Gasteiger partial charge in [-0.05, 0) is 19.1 Å². The molecule has 1 heterocycles. The zero-order valence-electron chi connectivity index (χ0n) is 10.3. The molecule has 0 saturated heterocycles. The van der Waals surface area contributed by atoms with Crippen molar-refractivity contribution in [1.82, 2.24) is 9.78 Å². The predicted octanol–water partition coefficient (Wildman–Crippen LogP) is 2.15. The number of anilines is 1. The van der Waals surface area contributed by atoms with Crippen LogP contribution in [0, 0.1) is 5.82 Å². The lowest BCUT2D eigenvalue weighted by molar-refractivity contribution is 0.625. The van der Waals surface area contributed by atoms with E-state index in [1.54, 1.807) is 24.4 Å². The molecule has 2 aromatic rings. The van der Waals surface area contributed by atoms with E-state index in [1.165, 1.54) is 6.07 Å². The topological polar surface area (TPSA) is 55.9 Å². The van der Waals surface area contributed by atoms with E-state index >= 15 is 0 Å². The lowest BCUT2D eigenvalue weighted by Gasteiger charge is -2.17. The number of nitrogens with two attached hydrogens (primary N) is 1. The van der Waals surface area contributed by atoms with Crippen LogP contribution in [-0.2, 0) is 6.54 Å². The highest BCUT2D eigenvalue weighted by Gasteiger charge is 2.13. The Morgan fingerprint density at radius 3 is 2.83 bits per heavy atom. The Balaban J connectivity index is 2.17. The number of nitrogens with one attached hydrogen (secondary N) is 1. The van der Waals surface area contributed by atoms with E-state index in [9.17, 15) is 4.39 Å². The summed E-state index contributed by atoms with van der Waals surface area (Å²) in [5.74, 6) is -0.279. The van der Waals surface area contributed by atoms with Gasteiger partial charge >= 0.3 is 0 Å². The monoisotopic (exact) mass is 248 g/mol. The third-order valence-corrected chi connectivity index (χ3v) is 2.82. The van der Waals surface area contributed by atoms with Crippen molar-refractivity contribution < 1.29 is 4.39 Å². The highest BCUT2D eigenvalue weighted by molar-refractivity contribution is 5.46. The lowest BCUT2D eigenvalue weighted by Crippen LogP contribution is -2.20. The Labute approximate surface area is 106 Å². The van der Waals surface area contributed by atoms with Crippen LogP contribution in [-0.4, -0.2) is 16.3 Å². The maximum absolute atomic E-state index is 13.5. The zero-order valence-corrected chi connectivity index (χ0v) is 10.3. The summed E-state index contributed by atoms with van der Waals surface area (Å²) in [5, 5.41) is 7.29. The molecule has 5 heteroatoms. The van der Waals surface area contributed by atoms with Crippen molar-refractivity contribution in [2.45, 2.75) is 19.5 Å². The number of aryl methyl sites for hydroxylation is 1. The fourth-order valence-electron chi connectivity index (χ4n) is 1.78. The van der Waals surface area contributed by atoms with Gasteiger partial charge in [0.25, 0.3) is 0 Å². The molecule has 2 rings (SSSR count). The third-order valence-electron chi connectivity index (χ3n) is 2.82. The summed E-state index contributed by atoms with van der Waals surface area (Å²) < 4.78 is 15.4. The van der Waals surface area contributed by atoms with E-state index < -0.39 is 0 Å². The fourth-order valence-corrected chi connectivity index (χ4v) is 1.78. The molecule has 0 aliphatic rings. The van der Waals surface area contributed by atoms with Crippen LogP contribution in [0.2, 0.25) is 0 Å². The molecule has 0 saturated carbocycles. The standard InChI is InChI=1S/C13H17FN4/c1-2-18-9-10(8-16-18)13(7-15)17-12-6-4-3-5-11(12)14/h3-6,8-9,13,17H,2,7,15H2,1H3. The largest absolute Gasteiger partial charge is 0.374 e. The Kier molecular flexibility index (Phi) is 3.94. The molecule has 0 radical (unpaired) electrons. The van der Waals surface area contributed by atoms with Gasteiger partial charge in [-0.25, -0.2) is 4.39 Å². The van der Waals surface area contributed by atoms with Crippen molar-refractivity contribution >= 4 is 5.69 Å². The molecule has 4 nitrogen and oxygen atoms in total. The zero-order chi connectivity index (χ0) is 13.0. The van der Waals surface area contributed by atoms with Gasteiger partial charge in [0.1, 0.15) is 5.82 Å². The maximum atomic E-state index is 13.5. The summed E-state index contributed by atoms with van der Waals surface area (Å²) in [6.45, 7) is 3.19. The number of hydrogen-bond donors (Lipinski definition) is 2. The number of para-hydroxylation sites is 1. The van der Waals surface area contributed by atoms with E-state index in [-0.39, 0.29) is 11.9 Å². The van der Waals surface area contributed by atoms with E-state index in [0.29, 0.717) is 12.2 Å². The average Bonchev–Trinajstić information content (AvgIpc) is 2.86. The van der Waals surface area contributed by atoms with E-state index in [0.717, 1.165) is 12.1 Å². The van der Waals surface area contributed by atoms with Crippen LogP contribution < -0.4 is 11.1 Å². The van der Waals surface area contributed by atoms with Crippen molar-refractivity contribution in [2.24, 2.45) is 5.73 Å². The molecule has 1 aromatic carbocycles. The molecule has 1 aromatic heterocycles. The summed E-state index contributed by atoms with van der Waals surface area (Å²) in [5.41, 5.74) is 7.15. The van der Waals surface area contributed by atoms with Crippen molar-refractivity contribution in [3.63, 3.8) is 0 Å². The average molecular weight is 248 g/mol. The van der Waals surface area contributed by atoms with Crippen molar-refractivity contribution in [3.8, 4) is 0 Å². The van der Waals surface area contributed by atoms with Gasteiger partial charge in [-0.1, -0.05) is 12.1 Å². The molecule has 0 amide bonds. The second-order valence-corrected chi connectivity index (χ2v) is 4.04. The van der Waals surface area contributed by atoms with Gasteiger partial charge in [-0.3, -0.25) is 4.68 Å². The van der Waals surface area contributed by atoms with Crippen LogP contribution in [0.4, 0.5) is 10.1 Å². The predicted molar refractivity (Wildman–Crippen MR) is 69.7 cm³/mol. The van der Waals surface area contributed by atoms with Crippen LogP contribution in [0.3, 0.4) is 0 Å². The van der Waals surface area contributed by atoms with Gasteiger partial charge < -0.3 is 11.1 Å². The molecular weight excluding hydrogens is 231 g/mol. The SMILES string of the molecule is CCn1cc(C(CN)Nc2ccccc2F)cn1. The van der Waals surface area contributed by atoms with Crippen LogP contribution >= 0.6 is 0 Å².